The number of rotatable bonds is 4. The molecule has 0 spiro atoms. The SMILES string of the molecule is CC#C[C@H](/C=C/C)[C@H](NC(=O)C(F)(F)F)C(=O)OC(C)(C)C. The van der Waals surface area contributed by atoms with E-state index in [1.165, 1.54) is 19.1 Å². The van der Waals surface area contributed by atoms with Gasteiger partial charge < -0.3 is 10.1 Å². The first kappa shape index (κ1) is 20.0. The second kappa shape index (κ2) is 7.87. The van der Waals surface area contributed by atoms with Gasteiger partial charge in [-0.05, 0) is 34.6 Å². The molecule has 0 unspecified atom stereocenters. The number of hydrogen-bond donors (Lipinski definition) is 1. The molecule has 2 atom stereocenters. The summed E-state index contributed by atoms with van der Waals surface area (Å²) in [5.41, 5.74) is -0.904. The van der Waals surface area contributed by atoms with Crippen LogP contribution in [0.15, 0.2) is 12.2 Å². The Morgan fingerprint density at radius 2 is 1.77 bits per heavy atom. The van der Waals surface area contributed by atoms with Gasteiger partial charge in [-0.2, -0.15) is 13.2 Å². The molecule has 7 heteroatoms. The van der Waals surface area contributed by atoms with Crippen LogP contribution in [0.5, 0.6) is 0 Å². The van der Waals surface area contributed by atoms with Gasteiger partial charge in [-0.1, -0.05) is 18.1 Å². The maximum absolute atomic E-state index is 12.4. The van der Waals surface area contributed by atoms with Gasteiger partial charge in [-0.3, -0.25) is 4.79 Å². The lowest BCUT2D eigenvalue weighted by molar-refractivity contribution is -0.177. The quantitative estimate of drug-likeness (QED) is 0.492. The Morgan fingerprint density at radius 3 is 2.14 bits per heavy atom. The van der Waals surface area contributed by atoms with Crippen LogP contribution in [0.3, 0.4) is 0 Å². The topological polar surface area (TPSA) is 55.4 Å². The monoisotopic (exact) mass is 319 g/mol. The van der Waals surface area contributed by atoms with Crippen LogP contribution in [0, 0.1) is 17.8 Å². The standard InChI is InChI=1S/C15H20F3NO3/c1-6-8-10(9-7-2)11(12(20)22-14(3,4)5)19-13(21)15(16,17)18/h6,8,10-11H,1-5H3,(H,19,21)/b8-6+/t10-,11-/m0/s1. The van der Waals surface area contributed by atoms with Crippen LogP contribution in [-0.2, 0) is 14.3 Å². The summed E-state index contributed by atoms with van der Waals surface area (Å²) in [4.78, 5) is 23.2. The van der Waals surface area contributed by atoms with Crippen molar-refractivity contribution >= 4 is 11.9 Å². The molecule has 0 aromatic heterocycles. The van der Waals surface area contributed by atoms with E-state index in [0.717, 1.165) is 0 Å². The number of ether oxygens (including phenoxy) is 1. The van der Waals surface area contributed by atoms with E-state index < -0.39 is 35.6 Å². The van der Waals surface area contributed by atoms with Crippen LogP contribution in [-0.4, -0.2) is 29.7 Å². The zero-order valence-corrected chi connectivity index (χ0v) is 13.2. The molecule has 0 saturated carbocycles. The van der Waals surface area contributed by atoms with Crippen molar-refractivity contribution in [2.75, 3.05) is 0 Å². The number of halogens is 3. The number of nitrogens with one attached hydrogen (secondary N) is 1. The third-order valence-corrected chi connectivity index (χ3v) is 2.27. The molecule has 0 radical (unpaired) electrons. The Kier molecular flexibility index (Phi) is 7.17. The van der Waals surface area contributed by atoms with Crippen LogP contribution < -0.4 is 5.32 Å². The zero-order valence-electron chi connectivity index (χ0n) is 13.2. The highest BCUT2D eigenvalue weighted by Crippen LogP contribution is 2.18. The first-order valence-corrected chi connectivity index (χ1v) is 6.58. The van der Waals surface area contributed by atoms with Crippen LogP contribution in [0.25, 0.3) is 0 Å². The summed E-state index contributed by atoms with van der Waals surface area (Å²) >= 11 is 0. The van der Waals surface area contributed by atoms with Gasteiger partial charge in [0.15, 0.2) is 0 Å². The van der Waals surface area contributed by atoms with Crippen molar-refractivity contribution in [3.63, 3.8) is 0 Å². The Hall–Kier alpha value is -1.97. The normalized spacial score (nSPS) is 14.7. The summed E-state index contributed by atoms with van der Waals surface area (Å²) in [6.45, 7) is 7.83. The number of esters is 1. The van der Waals surface area contributed by atoms with Crippen molar-refractivity contribution in [3.8, 4) is 11.8 Å². The molecular weight excluding hydrogens is 299 g/mol. The molecule has 0 aliphatic carbocycles. The minimum absolute atomic E-state index is 0.904. The van der Waals surface area contributed by atoms with E-state index in [1.807, 2.05) is 0 Å². The molecule has 0 saturated heterocycles. The van der Waals surface area contributed by atoms with Gasteiger partial charge in [-0.25, -0.2) is 4.79 Å². The van der Waals surface area contributed by atoms with Gasteiger partial charge >= 0.3 is 18.1 Å². The number of carbonyl (C=O) groups excluding carboxylic acids is 2. The maximum Gasteiger partial charge on any atom is 0.471 e. The van der Waals surface area contributed by atoms with Gasteiger partial charge in [-0.15, -0.1) is 5.92 Å². The predicted molar refractivity (Wildman–Crippen MR) is 75.6 cm³/mol. The van der Waals surface area contributed by atoms with E-state index >= 15 is 0 Å². The summed E-state index contributed by atoms with van der Waals surface area (Å²) in [6, 6.07) is -1.54. The number of allylic oxidation sites excluding steroid dienone is 1. The van der Waals surface area contributed by atoms with E-state index in [-0.39, 0.29) is 0 Å². The molecule has 0 bridgehead atoms. The van der Waals surface area contributed by atoms with Gasteiger partial charge in [0.1, 0.15) is 11.6 Å². The van der Waals surface area contributed by atoms with Crippen molar-refractivity contribution in [1.29, 1.82) is 0 Å². The van der Waals surface area contributed by atoms with Gasteiger partial charge in [0, 0.05) is 0 Å². The zero-order chi connectivity index (χ0) is 17.6. The minimum atomic E-state index is -5.10. The van der Waals surface area contributed by atoms with E-state index in [0.29, 0.717) is 0 Å². The summed E-state index contributed by atoms with van der Waals surface area (Å²) in [5.74, 6) is 1.00. The number of carbonyl (C=O) groups is 2. The second-order valence-corrected chi connectivity index (χ2v) is 5.43. The fourth-order valence-electron chi connectivity index (χ4n) is 1.50. The minimum Gasteiger partial charge on any atom is -0.458 e. The molecule has 0 rings (SSSR count). The first-order valence-electron chi connectivity index (χ1n) is 6.58. The van der Waals surface area contributed by atoms with Crippen molar-refractivity contribution in [3.05, 3.63) is 12.2 Å². The highest BCUT2D eigenvalue weighted by Gasteiger charge is 2.43. The second-order valence-electron chi connectivity index (χ2n) is 5.43. The van der Waals surface area contributed by atoms with E-state index in [1.54, 1.807) is 33.0 Å². The molecule has 0 aliphatic rings. The largest absolute Gasteiger partial charge is 0.471 e. The van der Waals surface area contributed by atoms with Crippen molar-refractivity contribution in [1.82, 2.24) is 5.32 Å². The average molecular weight is 319 g/mol. The summed E-state index contributed by atoms with van der Waals surface area (Å²) < 4.78 is 42.3. The van der Waals surface area contributed by atoms with Crippen LogP contribution in [0.1, 0.15) is 34.6 Å². The molecule has 1 N–H and O–H groups in total. The Labute approximate surface area is 128 Å². The number of hydrogen-bond acceptors (Lipinski definition) is 3. The van der Waals surface area contributed by atoms with E-state index in [4.69, 9.17) is 4.74 Å². The maximum atomic E-state index is 12.4. The van der Waals surface area contributed by atoms with Gasteiger partial charge in [0.05, 0.1) is 5.92 Å². The van der Waals surface area contributed by atoms with Crippen molar-refractivity contribution in [2.45, 2.75) is 52.4 Å². The summed E-state index contributed by atoms with van der Waals surface area (Å²) in [6.07, 6.45) is -2.13. The molecule has 0 aromatic carbocycles. The summed E-state index contributed by atoms with van der Waals surface area (Å²) in [7, 11) is 0. The van der Waals surface area contributed by atoms with Gasteiger partial charge in [0.25, 0.3) is 0 Å². The highest BCUT2D eigenvalue weighted by molar-refractivity contribution is 5.88. The van der Waals surface area contributed by atoms with Crippen LogP contribution >= 0.6 is 0 Å². The smallest absolute Gasteiger partial charge is 0.458 e. The molecule has 0 aromatic rings. The third-order valence-electron chi connectivity index (χ3n) is 2.27. The molecule has 0 fully saturated rings. The summed E-state index contributed by atoms with van der Waals surface area (Å²) in [5, 5.41) is 1.66. The van der Waals surface area contributed by atoms with E-state index in [2.05, 4.69) is 11.8 Å². The lowest BCUT2D eigenvalue weighted by Crippen LogP contribution is -2.51. The van der Waals surface area contributed by atoms with Crippen LogP contribution in [0.4, 0.5) is 13.2 Å². The Bertz CT molecular complexity index is 493. The van der Waals surface area contributed by atoms with E-state index in [9.17, 15) is 22.8 Å². The molecular formula is C15H20F3NO3. The molecule has 0 heterocycles. The molecule has 1 amide bonds. The van der Waals surface area contributed by atoms with Gasteiger partial charge in [0.2, 0.25) is 0 Å². The lowest BCUT2D eigenvalue weighted by Gasteiger charge is -2.26. The third kappa shape index (κ3) is 7.16. The average Bonchev–Trinajstić information content (AvgIpc) is 2.32. The van der Waals surface area contributed by atoms with Crippen molar-refractivity contribution < 1.29 is 27.5 Å². The first-order chi connectivity index (χ1) is 9.92. The molecule has 22 heavy (non-hydrogen) atoms. The number of amides is 1. The highest BCUT2D eigenvalue weighted by atomic mass is 19.4. The molecule has 0 aliphatic heterocycles. The van der Waals surface area contributed by atoms with Crippen LogP contribution in [0.2, 0.25) is 0 Å². The lowest BCUT2D eigenvalue weighted by atomic mass is 9.99. The van der Waals surface area contributed by atoms with Crippen molar-refractivity contribution in [2.24, 2.45) is 5.92 Å². The predicted octanol–water partition coefficient (Wildman–Crippen LogP) is 2.59. The number of alkyl halides is 3. The fourth-order valence-corrected chi connectivity index (χ4v) is 1.50. The molecule has 124 valence electrons. The fraction of sp³-hybridized carbons (Fsp3) is 0.600. The Balaban J connectivity index is 5.50. The molecule has 4 nitrogen and oxygen atoms in total. The Morgan fingerprint density at radius 1 is 1.23 bits per heavy atom.